The average Bonchev–Trinajstić information content (AvgIpc) is 2.92. The summed E-state index contributed by atoms with van der Waals surface area (Å²) >= 11 is 0. The second-order valence-corrected chi connectivity index (χ2v) is 5.08. The zero-order valence-corrected chi connectivity index (χ0v) is 11.8. The number of hydrogen-bond donors (Lipinski definition) is 0. The summed E-state index contributed by atoms with van der Waals surface area (Å²) < 4.78 is 5.51. The summed E-state index contributed by atoms with van der Waals surface area (Å²) in [4.78, 5) is 7.13. The van der Waals surface area contributed by atoms with E-state index in [9.17, 15) is 0 Å². The molecule has 1 aromatic rings. The molecule has 0 radical (unpaired) electrons. The van der Waals surface area contributed by atoms with Gasteiger partial charge in [-0.3, -0.25) is 4.98 Å². The van der Waals surface area contributed by atoms with E-state index in [-0.39, 0.29) is 0 Å². The molecule has 0 spiro atoms. The lowest BCUT2D eigenvalue weighted by atomic mass is 9.96. The Morgan fingerprint density at radius 2 is 2.22 bits per heavy atom. The Bertz CT molecular complexity index is 386. The van der Waals surface area contributed by atoms with Gasteiger partial charge in [-0.05, 0) is 38.1 Å². The van der Waals surface area contributed by atoms with E-state index >= 15 is 0 Å². The van der Waals surface area contributed by atoms with Crippen molar-refractivity contribution >= 4 is 0 Å². The van der Waals surface area contributed by atoms with Crippen LogP contribution in [0, 0.1) is 0 Å². The highest BCUT2D eigenvalue weighted by molar-refractivity contribution is 5.27. The quantitative estimate of drug-likeness (QED) is 0.801. The molecule has 0 N–H and O–H groups in total. The SMILES string of the molecule is CCc1ccc([C@H]2CCOC2)c(CN(C)CC)n1. The first-order valence-corrected chi connectivity index (χ1v) is 6.99. The molecule has 0 aromatic carbocycles. The zero-order valence-electron chi connectivity index (χ0n) is 11.8. The topological polar surface area (TPSA) is 25.4 Å². The van der Waals surface area contributed by atoms with Crippen LogP contribution < -0.4 is 0 Å². The van der Waals surface area contributed by atoms with Crippen LogP contribution in [0.4, 0.5) is 0 Å². The maximum Gasteiger partial charge on any atom is 0.0582 e. The van der Waals surface area contributed by atoms with Gasteiger partial charge >= 0.3 is 0 Å². The van der Waals surface area contributed by atoms with Gasteiger partial charge in [0.2, 0.25) is 0 Å². The van der Waals surface area contributed by atoms with Crippen LogP contribution in [0.2, 0.25) is 0 Å². The van der Waals surface area contributed by atoms with E-state index in [2.05, 4.69) is 37.9 Å². The fourth-order valence-corrected chi connectivity index (χ4v) is 2.40. The summed E-state index contributed by atoms with van der Waals surface area (Å²) in [6.07, 6.45) is 2.14. The number of aromatic nitrogens is 1. The summed E-state index contributed by atoms with van der Waals surface area (Å²) in [6, 6.07) is 4.44. The normalized spacial score (nSPS) is 19.7. The van der Waals surface area contributed by atoms with Crippen molar-refractivity contribution in [1.82, 2.24) is 9.88 Å². The van der Waals surface area contributed by atoms with E-state index < -0.39 is 0 Å². The van der Waals surface area contributed by atoms with Gasteiger partial charge in [0.1, 0.15) is 0 Å². The number of hydrogen-bond acceptors (Lipinski definition) is 3. The molecule has 3 nitrogen and oxygen atoms in total. The molecule has 100 valence electrons. The maximum absolute atomic E-state index is 5.51. The van der Waals surface area contributed by atoms with Crippen molar-refractivity contribution in [3.8, 4) is 0 Å². The van der Waals surface area contributed by atoms with Crippen LogP contribution in [0.1, 0.15) is 43.1 Å². The lowest BCUT2D eigenvalue weighted by molar-refractivity contribution is 0.193. The van der Waals surface area contributed by atoms with Crippen LogP contribution in [0.3, 0.4) is 0 Å². The number of rotatable bonds is 5. The maximum atomic E-state index is 5.51. The molecule has 0 saturated carbocycles. The molecule has 1 aliphatic rings. The number of pyridine rings is 1. The van der Waals surface area contributed by atoms with Crippen LogP contribution in [0.5, 0.6) is 0 Å². The predicted molar refractivity (Wildman–Crippen MR) is 73.8 cm³/mol. The minimum Gasteiger partial charge on any atom is -0.381 e. The van der Waals surface area contributed by atoms with E-state index in [0.717, 1.165) is 39.1 Å². The van der Waals surface area contributed by atoms with Gasteiger partial charge in [0.25, 0.3) is 0 Å². The molecule has 0 amide bonds. The molecular formula is C15H24N2O. The highest BCUT2D eigenvalue weighted by Crippen LogP contribution is 2.28. The molecule has 3 heteroatoms. The third-order valence-electron chi connectivity index (χ3n) is 3.76. The van der Waals surface area contributed by atoms with Crippen LogP contribution >= 0.6 is 0 Å². The van der Waals surface area contributed by atoms with Crippen molar-refractivity contribution < 1.29 is 4.74 Å². The van der Waals surface area contributed by atoms with Crippen molar-refractivity contribution in [2.45, 2.75) is 39.2 Å². The van der Waals surface area contributed by atoms with E-state index in [4.69, 9.17) is 9.72 Å². The van der Waals surface area contributed by atoms with Crippen LogP contribution in [0.15, 0.2) is 12.1 Å². The van der Waals surface area contributed by atoms with Crippen molar-refractivity contribution in [3.05, 3.63) is 29.1 Å². The molecule has 1 atom stereocenters. The smallest absolute Gasteiger partial charge is 0.0582 e. The number of ether oxygens (including phenoxy) is 1. The van der Waals surface area contributed by atoms with Gasteiger partial charge < -0.3 is 9.64 Å². The first-order chi connectivity index (χ1) is 8.74. The minimum absolute atomic E-state index is 0.545. The standard InChI is InChI=1S/C15H24N2O/c1-4-13-6-7-14(12-8-9-18-11-12)15(16-13)10-17(3)5-2/h6-7,12H,4-5,8-11H2,1-3H3/t12-/m0/s1. The van der Waals surface area contributed by atoms with Gasteiger partial charge in [-0.2, -0.15) is 0 Å². The highest BCUT2D eigenvalue weighted by atomic mass is 16.5. The second kappa shape index (κ2) is 6.30. The van der Waals surface area contributed by atoms with Crippen molar-refractivity contribution in [1.29, 1.82) is 0 Å². The van der Waals surface area contributed by atoms with E-state index in [1.165, 1.54) is 17.0 Å². The lowest BCUT2D eigenvalue weighted by Crippen LogP contribution is -2.20. The fraction of sp³-hybridized carbons (Fsp3) is 0.667. The Kier molecular flexibility index (Phi) is 4.72. The molecule has 18 heavy (non-hydrogen) atoms. The Morgan fingerprint density at radius 3 is 2.83 bits per heavy atom. The molecule has 0 unspecified atom stereocenters. The van der Waals surface area contributed by atoms with Crippen molar-refractivity contribution in [2.75, 3.05) is 26.8 Å². The molecule has 1 aliphatic heterocycles. The van der Waals surface area contributed by atoms with Gasteiger partial charge in [-0.25, -0.2) is 0 Å². The molecule has 1 fully saturated rings. The molecule has 2 rings (SSSR count). The molecule has 0 aliphatic carbocycles. The average molecular weight is 248 g/mol. The van der Waals surface area contributed by atoms with Gasteiger partial charge in [0.05, 0.1) is 12.3 Å². The van der Waals surface area contributed by atoms with E-state index in [0.29, 0.717) is 5.92 Å². The van der Waals surface area contributed by atoms with Crippen LogP contribution in [-0.4, -0.2) is 36.7 Å². The predicted octanol–water partition coefficient (Wildman–Crippen LogP) is 2.60. The third-order valence-corrected chi connectivity index (χ3v) is 3.76. The third kappa shape index (κ3) is 3.09. The van der Waals surface area contributed by atoms with Crippen molar-refractivity contribution in [3.63, 3.8) is 0 Å². The number of aryl methyl sites for hydroxylation is 1. The summed E-state index contributed by atoms with van der Waals surface area (Å²) in [5, 5.41) is 0. The second-order valence-electron chi connectivity index (χ2n) is 5.08. The Labute approximate surface area is 110 Å². The largest absolute Gasteiger partial charge is 0.381 e. The molecule has 2 heterocycles. The first kappa shape index (κ1) is 13.5. The van der Waals surface area contributed by atoms with Crippen LogP contribution in [-0.2, 0) is 17.7 Å². The van der Waals surface area contributed by atoms with Gasteiger partial charge in [0.15, 0.2) is 0 Å². The monoisotopic (exact) mass is 248 g/mol. The molecule has 1 saturated heterocycles. The molecule has 1 aromatic heterocycles. The Hall–Kier alpha value is -0.930. The van der Waals surface area contributed by atoms with E-state index in [1.54, 1.807) is 0 Å². The number of nitrogens with zero attached hydrogens (tertiary/aromatic N) is 2. The summed E-state index contributed by atoms with van der Waals surface area (Å²) in [5.74, 6) is 0.545. The first-order valence-electron chi connectivity index (χ1n) is 6.99. The molecule has 0 bridgehead atoms. The van der Waals surface area contributed by atoms with Crippen molar-refractivity contribution in [2.24, 2.45) is 0 Å². The summed E-state index contributed by atoms with van der Waals surface area (Å²) in [6.45, 7) is 8.09. The minimum atomic E-state index is 0.545. The van der Waals surface area contributed by atoms with E-state index in [1.807, 2.05) is 0 Å². The van der Waals surface area contributed by atoms with Crippen LogP contribution in [0.25, 0.3) is 0 Å². The molecular weight excluding hydrogens is 224 g/mol. The Balaban J connectivity index is 2.25. The summed E-state index contributed by atoms with van der Waals surface area (Å²) in [7, 11) is 2.15. The summed E-state index contributed by atoms with van der Waals surface area (Å²) in [5.41, 5.74) is 3.83. The van der Waals surface area contributed by atoms with Gasteiger partial charge in [-0.1, -0.05) is 19.9 Å². The Morgan fingerprint density at radius 1 is 1.39 bits per heavy atom. The highest BCUT2D eigenvalue weighted by Gasteiger charge is 2.21. The lowest BCUT2D eigenvalue weighted by Gasteiger charge is -2.19. The van der Waals surface area contributed by atoms with Gasteiger partial charge in [0, 0.05) is 24.8 Å². The fourth-order valence-electron chi connectivity index (χ4n) is 2.40. The zero-order chi connectivity index (χ0) is 13.0. The van der Waals surface area contributed by atoms with Gasteiger partial charge in [-0.15, -0.1) is 0 Å².